The lowest BCUT2D eigenvalue weighted by Crippen LogP contribution is -2.24. The minimum Gasteiger partial charge on any atom is -0.478 e. The molecule has 6 aromatic carbocycles. The molecular weight excluding hydrogens is 1270 g/mol. The Morgan fingerprint density at radius 1 is 0.539 bits per heavy atom. The van der Waals surface area contributed by atoms with Crippen molar-refractivity contribution in [1.29, 1.82) is 0 Å². The Bertz CT molecular complexity index is 3940. The number of hydrogen-bond acceptors (Lipinski definition) is 15. The number of furan rings is 2. The number of carboxylic acids is 2. The van der Waals surface area contributed by atoms with E-state index in [0.29, 0.717) is 56.7 Å². The minimum absolute atomic E-state index is 0.192. The zero-order valence-electron chi connectivity index (χ0n) is 52.9. The van der Waals surface area contributed by atoms with Crippen molar-refractivity contribution < 1.29 is 66.5 Å². The minimum atomic E-state index is -1.00. The van der Waals surface area contributed by atoms with Crippen LogP contribution in [0.5, 0.6) is 0 Å². The first kappa shape index (κ1) is 71.1. The van der Waals surface area contributed by atoms with Crippen LogP contribution < -0.4 is 5.73 Å². The third-order valence-electron chi connectivity index (χ3n) is 13.2. The summed E-state index contributed by atoms with van der Waals surface area (Å²) in [6.07, 6.45) is 2.56. The first-order chi connectivity index (χ1) is 41.7. The van der Waals surface area contributed by atoms with Gasteiger partial charge in [-0.05, 0) is 239 Å². The zero-order chi connectivity index (χ0) is 66.2. The Morgan fingerprint density at radius 2 is 0.989 bits per heavy atom. The number of benzene rings is 6. The van der Waals surface area contributed by atoms with Crippen LogP contribution in [-0.2, 0) is 18.9 Å². The molecule has 0 aliphatic carbocycles. The molecule has 0 amide bonds. The molecule has 89 heavy (non-hydrogen) atoms. The summed E-state index contributed by atoms with van der Waals surface area (Å²) >= 11 is 6.74. The van der Waals surface area contributed by atoms with Crippen LogP contribution in [0.15, 0.2) is 138 Å². The first-order valence-electron chi connectivity index (χ1n) is 28.3. The maximum absolute atomic E-state index is 11.7. The molecule has 1 aliphatic rings. The van der Waals surface area contributed by atoms with Gasteiger partial charge in [0, 0.05) is 38.5 Å². The first-order valence-corrected chi connectivity index (χ1v) is 29.9. The van der Waals surface area contributed by atoms with E-state index in [0.717, 1.165) is 77.5 Å². The number of aromatic nitrogens is 2. The maximum Gasteiger partial charge on any atom is 0.338 e. The van der Waals surface area contributed by atoms with Gasteiger partial charge in [0.25, 0.3) is 5.89 Å². The lowest BCUT2D eigenvalue weighted by Gasteiger charge is -2.19. The molecule has 0 radical (unpaired) electrons. The van der Waals surface area contributed by atoms with Crippen molar-refractivity contribution in [3.05, 3.63) is 203 Å². The average molecular weight is 1340 g/mol. The molecule has 19 heteroatoms. The highest BCUT2D eigenvalue weighted by Gasteiger charge is 2.22. The van der Waals surface area contributed by atoms with Crippen molar-refractivity contribution in [2.45, 2.75) is 121 Å². The van der Waals surface area contributed by atoms with Crippen LogP contribution in [0.2, 0.25) is 0 Å². The molecular formula is C70H77Br2N3O14. The summed E-state index contributed by atoms with van der Waals surface area (Å²) in [4.78, 5) is 60.8. The molecule has 9 aromatic rings. The van der Waals surface area contributed by atoms with Crippen LogP contribution in [0.25, 0.3) is 50.7 Å². The second-order valence-corrected chi connectivity index (χ2v) is 24.7. The lowest BCUT2D eigenvalue weighted by atomic mass is 10.1. The van der Waals surface area contributed by atoms with Gasteiger partial charge < -0.3 is 48.3 Å². The maximum atomic E-state index is 11.7. The Balaban J connectivity index is 0.000000204. The highest BCUT2D eigenvalue weighted by molar-refractivity contribution is 9.10. The van der Waals surface area contributed by atoms with Gasteiger partial charge in [0.2, 0.25) is 5.82 Å². The van der Waals surface area contributed by atoms with Crippen LogP contribution in [0, 0.1) is 55.4 Å². The number of carboxylic acid groups (broad SMARTS) is 2. The van der Waals surface area contributed by atoms with E-state index < -0.39 is 29.1 Å². The SMILES string of the molecule is C1CCOC1.C=C(N)c1cc2c(C)ccc(C)c2o1.COC(=O)c1ccc(Br)c(C)c1.Cc1cc(C(=O)O)ccc1-c1nc(-c2cc3c(C)ccc(C)c3o2)no1.Cc1cc(C(=O)OC(C)(C)C)ccc1Br.Cc1cc(C(=O)OC(C)(C)C)ccc1C(=O)O. The molecule has 0 saturated carbocycles. The number of hydrogen-bond donors (Lipinski definition) is 3. The predicted octanol–water partition coefficient (Wildman–Crippen LogP) is 17.5. The molecule has 1 fully saturated rings. The number of methoxy groups -OCH3 is 1. The monoisotopic (exact) mass is 1340 g/mol. The van der Waals surface area contributed by atoms with Gasteiger partial charge in [0.15, 0.2) is 5.76 Å². The van der Waals surface area contributed by atoms with E-state index in [4.69, 9.17) is 43.5 Å². The molecule has 10 rings (SSSR count). The quantitative estimate of drug-likeness (QED) is 0.0944. The molecule has 17 nitrogen and oxygen atoms in total. The predicted molar refractivity (Wildman–Crippen MR) is 353 cm³/mol. The van der Waals surface area contributed by atoms with Crippen molar-refractivity contribution in [1.82, 2.24) is 10.1 Å². The highest BCUT2D eigenvalue weighted by Crippen LogP contribution is 2.33. The second kappa shape index (κ2) is 31.5. The summed E-state index contributed by atoms with van der Waals surface area (Å²) < 4.78 is 38.9. The number of nitrogens with two attached hydrogens (primary N) is 1. The number of nitrogens with zero attached hydrogens (tertiary/aromatic N) is 2. The normalized spacial score (nSPS) is 11.6. The van der Waals surface area contributed by atoms with Gasteiger partial charge in [-0.3, -0.25) is 0 Å². The molecule has 0 unspecified atom stereocenters. The molecule has 3 aromatic heterocycles. The Kier molecular flexibility index (Phi) is 25.2. The molecule has 1 saturated heterocycles. The van der Waals surface area contributed by atoms with E-state index in [1.807, 2.05) is 104 Å². The molecule has 4 N–H and O–H groups in total. The van der Waals surface area contributed by atoms with Crippen molar-refractivity contribution in [3.8, 4) is 23.0 Å². The van der Waals surface area contributed by atoms with Crippen molar-refractivity contribution in [2.24, 2.45) is 5.73 Å². The van der Waals surface area contributed by atoms with Gasteiger partial charge in [-0.2, -0.15) is 4.98 Å². The highest BCUT2D eigenvalue weighted by atomic mass is 79.9. The summed E-state index contributed by atoms with van der Waals surface area (Å²) in [7, 11) is 1.37. The Hall–Kier alpha value is -8.65. The molecule has 470 valence electrons. The van der Waals surface area contributed by atoms with Crippen molar-refractivity contribution in [2.75, 3.05) is 20.3 Å². The average Bonchev–Trinajstić information content (AvgIpc) is 1.75. The molecule has 4 heterocycles. The fourth-order valence-electron chi connectivity index (χ4n) is 8.40. The molecule has 0 bridgehead atoms. The van der Waals surface area contributed by atoms with Crippen LogP contribution in [0.3, 0.4) is 0 Å². The Morgan fingerprint density at radius 3 is 1.39 bits per heavy atom. The van der Waals surface area contributed by atoms with Crippen molar-refractivity contribution in [3.63, 3.8) is 0 Å². The summed E-state index contributed by atoms with van der Waals surface area (Å²) in [5.74, 6) is -1.12. The Labute approximate surface area is 535 Å². The van der Waals surface area contributed by atoms with E-state index in [9.17, 15) is 24.0 Å². The number of ether oxygens (including phenoxy) is 4. The van der Waals surface area contributed by atoms with Crippen LogP contribution in [0.1, 0.15) is 156 Å². The number of esters is 3. The molecule has 0 atom stereocenters. The van der Waals surface area contributed by atoms with E-state index in [1.54, 1.807) is 65.0 Å². The van der Waals surface area contributed by atoms with Gasteiger partial charge in [-0.25, -0.2) is 24.0 Å². The second-order valence-electron chi connectivity index (χ2n) is 23.0. The number of aryl methyl sites for hydroxylation is 8. The van der Waals surface area contributed by atoms with Crippen LogP contribution >= 0.6 is 31.9 Å². The van der Waals surface area contributed by atoms with Gasteiger partial charge in [0.1, 0.15) is 28.1 Å². The molecule has 0 spiro atoms. The fourth-order valence-corrected chi connectivity index (χ4v) is 8.89. The van der Waals surface area contributed by atoms with E-state index in [-0.39, 0.29) is 23.1 Å². The van der Waals surface area contributed by atoms with E-state index in [2.05, 4.69) is 66.3 Å². The standard InChI is InChI=1S/C20H16N2O4.C13H16O4.C12H15BrO2.C12H13NO.C9H9BrO2.C4H8O/c1-10-4-5-11(2)17-15(10)9-16(25-17)18-21-19(26-22-18)14-7-6-13(20(23)24)8-12(14)3;1-8-7-9(5-6-10(8)11(14)15)12(16)17-13(2,3)4;1-8-7-9(5-6-10(8)13)11(14)15-12(2,3)4;1-7-4-5-8(2)12-10(7)6-11(14-12)9(3)13;1-6-5-7(9(11)12-2)3-4-8(6)10;1-2-4-5-3-1/h4-9H,1-3H3,(H,23,24);5-7H,1-4H3,(H,14,15);5-7H,1-4H3;4-6H,3,13H2,1-2H3;3-5H,1-2H3;1-4H2. The van der Waals surface area contributed by atoms with E-state index >= 15 is 0 Å². The third kappa shape index (κ3) is 20.7. The van der Waals surface area contributed by atoms with Crippen LogP contribution in [-0.4, -0.2) is 81.7 Å². The van der Waals surface area contributed by atoms with Crippen LogP contribution in [0.4, 0.5) is 0 Å². The van der Waals surface area contributed by atoms with Gasteiger partial charge >= 0.3 is 29.8 Å². The number of carbonyl (C=O) groups excluding carboxylic acids is 3. The fraction of sp³-hybridized carbons (Fsp3) is 0.300. The zero-order valence-corrected chi connectivity index (χ0v) is 56.1. The van der Waals surface area contributed by atoms with E-state index in [1.165, 1.54) is 49.8 Å². The third-order valence-corrected chi connectivity index (χ3v) is 14.9. The summed E-state index contributed by atoms with van der Waals surface area (Å²) in [6, 6.07) is 32.0. The number of fused-ring (bicyclic) bond motifs is 2. The smallest absolute Gasteiger partial charge is 0.338 e. The topological polar surface area (TPSA) is 254 Å². The van der Waals surface area contributed by atoms with Gasteiger partial charge in [0.05, 0.1) is 40.6 Å². The largest absolute Gasteiger partial charge is 0.478 e. The molecule has 1 aliphatic heterocycles. The van der Waals surface area contributed by atoms with Gasteiger partial charge in [-0.1, -0.05) is 67.9 Å². The van der Waals surface area contributed by atoms with Gasteiger partial charge in [-0.15, -0.1) is 0 Å². The summed E-state index contributed by atoms with van der Waals surface area (Å²) in [5, 5.41) is 24.1. The summed E-state index contributed by atoms with van der Waals surface area (Å²) in [5.41, 5.74) is 17.2. The number of aromatic carboxylic acids is 2. The number of carbonyl (C=O) groups is 5. The number of halogens is 2. The van der Waals surface area contributed by atoms with Crippen molar-refractivity contribution >= 4 is 89.3 Å². The summed E-state index contributed by atoms with van der Waals surface area (Å²) in [6.45, 7) is 32.0. The lowest BCUT2D eigenvalue weighted by molar-refractivity contribution is 0.00569. The number of rotatable bonds is 8.